The summed E-state index contributed by atoms with van der Waals surface area (Å²) in [5, 5.41) is 4.08. The van der Waals surface area contributed by atoms with Gasteiger partial charge in [-0.05, 0) is 48.3 Å². The molecule has 1 saturated carbocycles. The summed E-state index contributed by atoms with van der Waals surface area (Å²) in [4.78, 5) is 16.9. The quantitative estimate of drug-likeness (QED) is 0.604. The first-order valence-electron chi connectivity index (χ1n) is 7.02. The lowest BCUT2D eigenvalue weighted by atomic mass is 9.99. The molecule has 2 aliphatic rings. The fourth-order valence-corrected chi connectivity index (χ4v) is 3.07. The fraction of sp³-hybridized carbons (Fsp3) is 0.412. The van der Waals surface area contributed by atoms with Crippen LogP contribution in [0, 0.1) is 17.3 Å². The third kappa shape index (κ3) is 2.17. The summed E-state index contributed by atoms with van der Waals surface area (Å²) in [5.74, 6) is 0.898. The van der Waals surface area contributed by atoms with E-state index in [-0.39, 0.29) is 0 Å². The summed E-state index contributed by atoms with van der Waals surface area (Å²) in [6, 6.07) is 8.95. The van der Waals surface area contributed by atoms with E-state index < -0.39 is 5.97 Å². The Morgan fingerprint density at radius 1 is 1.30 bits per heavy atom. The largest absolute Gasteiger partial charge is 0.365 e. The van der Waals surface area contributed by atoms with Gasteiger partial charge in [0.05, 0.1) is 11.3 Å². The van der Waals surface area contributed by atoms with E-state index in [2.05, 4.69) is 25.1 Å². The van der Waals surface area contributed by atoms with Crippen molar-refractivity contribution in [3.63, 3.8) is 0 Å². The van der Waals surface area contributed by atoms with Crippen LogP contribution in [0.25, 0.3) is 0 Å². The minimum absolute atomic E-state index is 0.363. The minimum atomic E-state index is -0.400. The summed E-state index contributed by atoms with van der Waals surface area (Å²) >= 11 is 0. The highest BCUT2D eigenvalue weighted by molar-refractivity contribution is 6.01. The number of fused-ring (bicyclic) bond motifs is 1. The second-order valence-electron chi connectivity index (χ2n) is 6.29. The van der Waals surface area contributed by atoms with Crippen LogP contribution in [0.1, 0.15) is 37.6 Å². The minimum Gasteiger partial charge on any atom is -0.313 e. The van der Waals surface area contributed by atoms with Gasteiger partial charge in [0.25, 0.3) is 0 Å². The number of rotatable bonds is 2. The van der Waals surface area contributed by atoms with Crippen LogP contribution in [0.15, 0.2) is 47.1 Å². The van der Waals surface area contributed by atoms with E-state index in [0.717, 1.165) is 17.7 Å². The van der Waals surface area contributed by atoms with E-state index in [1.807, 2.05) is 25.1 Å². The number of carbonyl (C=O) groups is 1. The third-order valence-electron chi connectivity index (χ3n) is 4.69. The van der Waals surface area contributed by atoms with E-state index in [1.54, 1.807) is 12.1 Å². The molecule has 0 heterocycles. The molecule has 0 N–H and O–H groups in total. The Hall–Kier alpha value is -1.90. The Morgan fingerprint density at radius 2 is 2.00 bits per heavy atom. The molecule has 1 aromatic rings. The molecule has 3 nitrogen and oxygen atoms in total. The Labute approximate surface area is 119 Å². The van der Waals surface area contributed by atoms with E-state index in [4.69, 9.17) is 4.84 Å². The molecule has 0 spiro atoms. The van der Waals surface area contributed by atoms with E-state index in [9.17, 15) is 4.79 Å². The summed E-state index contributed by atoms with van der Waals surface area (Å²) in [6.07, 6.45) is 3.17. The van der Waals surface area contributed by atoms with E-state index in [1.165, 1.54) is 0 Å². The van der Waals surface area contributed by atoms with Crippen molar-refractivity contribution in [2.75, 3.05) is 0 Å². The van der Waals surface area contributed by atoms with Gasteiger partial charge in [-0.2, -0.15) is 0 Å². The highest BCUT2D eigenvalue weighted by Crippen LogP contribution is 2.63. The van der Waals surface area contributed by atoms with Gasteiger partial charge in [0, 0.05) is 0 Å². The molecule has 104 valence electrons. The molecular weight excluding hydrogens is 250 g/mol. The molecule has 2 atom stereocenters. The van der Waals surface area contributed by atoms with Crippen molar-refractivity contribution < 1.29 is 9.63 Å². The van der Waals surface area contributed by atoms with Crippen LogP contribution < -0.4 is 0 Å². The number of allylic oxidation sites excluding steroid dienone is 2. The predicted octanol–water partition coefficient (Wildman–Crippen LogP) is 3.82. The number of oxime groups is 1. The Morgan fingerprint density at radius 3 is 2.70 bits per heavy atom. The molecule has 3 rings (SSSR count). The molecular formula is C17H19NO2. The first-order chi connectivity index (χ1) is 9.50. The molecule has 2 aliphatic carbocycles. The van der Waals surface area contributed by atoms with Gasteiger partial charge in [0.15, 0.2) is 0 Å². The number of hydrogen-bond donors (Lipinski definition) is 0. The normalized spacial score (nSPS) is 28.6. The van der Waals surface area contributed by atoms with Crippen LogP contribution in [0.4, 0.5) is 0 Å². The molecule has 2 unspecified atom stereocenters. The fourth-order valence-electron chi connectivity index (χ4n) is 3.07. The molecule has 0 amide bonds. The average Bonchev–Trinajstić information content (AvgIpc) is 2.97. The average molecular weight is 269 g/mol. The molecule has 0 aliphatic heterocycles. The zero-order valence-electron chi connectivity index (χ0n) is 12.1. The van der Waals surface area contributed by atoms with Crippen LogP contribution in [0.2, 0.25) is 0 Å². The lowest BCUT2D eigenvalue weighted by molar-refractivity contribution is 0.0515. The Balaban J connectivity index is 1.70. The van der Waals surface area contributed by atoms with Crippen molar-refractivity contribution in [3.8, 4) is 0 Å². The SMILES string of the molecule is CC1=CC2C(C/C1=N/OC(=O)c1ccccc1)C2(C)C. The van der Waals surface area contributed by atoms with Crippen LogP contribution >= 0.6 is 0 Å². The zero-order valence-corrected chi connectivity index (χ0v) is 12.1. The molecule has 0 bridgehead atoms. The van der Waals surface area contributed by atoms with Gasteiger partial charge in [-0.25, -0.2) is 4.79 Å². The van der Waals surface area contributed by atoms with Gasteiger partial charge < -0.3 is 4.84 Å². The maximum absolute atomic E-state index is 11.9. The van der Waals surface area contributed by atoms with Gasteiger partial charge in [0.2, 0.25) is 0 Å². The van der Waals surface area contributed by atoms with Crippen molar-refractivity contribution in [3.05, 3.63) is 47.5 Å². The molecule has 20 heavy (non-hydrogen) atoms. The number of carbonyl (C=O) groups excluding carboxylic acids is 1. The first-order valence-corrected chi connectivity index (χ1v) is 7.02. The summed E-state index contributed by atoms with van der Waals surface area (Å²) in [5.41, 5.74) is 2.93. The molecule has 1 aromatic carbocycles. The van der Waals surface area contributed by atoms with Crippen LogP contribution in [0.3, 0.4) is 0 Å². The molecule has 0 aromatic heterocycles. The first kappa shape index (κ1) is 13.1. The molecule has 0 radical (unpaired) electrons. The molecule has 0 saturated heterocycles. The molecule has 1 fully saturated rings. The van der Waals surface area contributed by atoms with Crippen LogP contribution in [-0.4, -0.2) is 11.7 Å². The van der Waals surface area contributed by atoms with Crippen LogP contribution in [-0.2, 0) is 4.84 Å². The second-order valence-corrected chi connectivity index (χ2v) is 6.29. The Bertz CT molecular complexity index is 599. The molecule has 3 heteroatoms. The van der Waals surface area contributed by atoms with Crippen molar-refractivity contribution in [1.82, 2.24) is 0 Å². The van der Waals surface area contributed by atoms with E-state index >= 15 is 0 Å². The lowest BCUT2D eigenvalue weighted by Gasteiger charge is -2.10. The summed E-state index contributed by atoms with van der Waals surface area (Å²) in [6.45, 7) is 6.61. The Kier molecular flexibility index (Phi) is 3.00. The van der Waals surface area contributed by atoms with E-state index in [0.29, 0.717) is 22.8 Å². The topological polar surface area (TPSA) is 38.7 Å². The predicted molar refractivity (Wildman–Crippen MR) is 78.4 cm³/mol. The monoisotopic (exact) mass is 269 g/mol. The highest BCUT2D eigenvalue weighted by atomic mass is 16.7. The highest BCUT2D eigenvalue weighted by Gasteiger charge is 2.58. The lowest BCUT2D eigenvalue weighted by Crippen LogP contribution is -2.10. The van der Waals surface area contributed by atoms with Crippen molar-refractivity contribution in [1.29, 1.82) is 0 Å². The van der Waals surface area contributed by atoms with Gasteiger partial charge in [-0.3, -0.25) is 0 Å². The second kappa shape index (κ2) is 4.58. The summed E-state index contributed by atoms with van der Waals surface area (Å²) in [7, 11) is 0. The number of nitrogens with zero attached hydrogens (tertiary/aromatic N) is 1. The number of hydrogen-bond acceptors (Lipinski definition) is 3. The van der Waals surface area contributed by atoms with Crippen molar-refractivity contribution >= 4 is 11.7 Å². The maximum Gasteiger partial charge on any atom is 0.365 e. The summed E-state index contributed by atoms with van der Waals surface area (Å²) < 4.78 is 0. The number of benzene rings is 1. The zero-order chi connectivity index (χ0) is 14.3. The smallest absolute Gasteiger partial charge is 0.313 e. The maximum atomic E-state index is 11.9. The van der Waals surface area contributed by atoms with Gasteiger partial charge in [-0.1, -0.05) is 43.3 Å². The third-order valence-corrected chi connectivity index (χ3v) is 4.69. The standard InChI is InChI=1S/C17H19NO2/c1-11-9-13-14(17(13,2)3)10-15(11)18-20-16(19)12-7-5-4-6-8-12/h4-9,13-14H,10H2,1-3H3/b18-15-. The van der Waals surface area contributed by atoms with Gasteiger partial charge >= 0.3 is 5.97 Å². The van der Waals surface area contributed by atoms with Crippen molar-refractivity contribution in [2.45, 2.75) is 27.2 Å². The van der Waals surface area contributed by atoms with Gasteiger partial charge in [-0.15, -0.1) is 0 Å². The van der Waals surface area contributed by atoms with Crippen molar-refractivity contribution in [2.24, 2.45) is 22.4 Å². The van der Waals surface area contributed by atoms with Crippen LogP contribution in [0.5, 0.6) is 0 Å². The van der Waals surface area contributed by atoms with Gasteiger partial charge in [0.1, 0.15) is 0 Å².